The molecule has 0 radical (unpaired) electrons. The Bertz CT molecular complexity index is 1300. The maximum Gasteiger partial charge on any atom is 0.119 e. The van der Waals surface area contributed by atoms with Crippen LogP contribution in [-0.4, -0.2) is 6.61 Å². The van der Waals surface area contributed by atoms with Gasteiger partial charge in [0.2, 0.25) is 0 Å². The molecule has 6 rings (SSSR count). The van der Waals surface area contributed by atoms with Crippen molar-refractivity contribution < 1.29 is 4.74 Å². The molecule has 166 valence electrons. The summed E-state index contributed by atoms with van der Waals surface area (Å²) < 4.78 is 6.11. The van der Waals surface area contributed by atoms with Crippen molar-refractivity contribution in [2.75, 3.05) is 11.9 Å². The molecular weight excluding hydrogens is 402 g/mol. The largest absolute Gasteiger partial charge is 0.494 e. The molecule has 2 heteroatoms. The van der Waals surface area contributed by atoms with Gasteiger partial charge >= 0.3 is 0 Å². The molecule has 2 nitrogen and oxygen atoms in total. The van der Waals surface area contributed by atoms with Crippen LogP contribution >= 0.6 is 0 Å². The number of anilines is 1. The number of fused-ring (bicyclic) bond motifs is 5. The van der Waals surface area contributed by atoms with Crippen LogP contribution in [0.15, 0.2) is 84.9 Å². The van der Waals surface area contributed by atoms with Gasteiger partial charge < -0.3 is 10.1 Å². The van der Waals surface area contributed by atoms with Crippen LogP contribution in [0.1, 0.15) is 49.8 Å². The third kappa shape index (κ3) is 3.58. The molecule has 33 heavy (non-hydrogen) atoms. The van der Waals surface area contributed by atoms with Gasteiger partial charge in [-0.1, -0.05) is 74.5 Å². The minimum absolute atomic E-state index is 0.265. The van der Waals surface area contributed by atoms with E-state index in [1.807, 2.05) is 0 Å². The number of hydrogen-bond donors (Lipinski definition) is 1. The fraction of sp³-hybridized carbons (Fsp3) is 0.290. The maximum atomic E-state index is 6.11. The van der Waals surface area contributed by atoms with Gasteiger partial charge in [0.25, 0.3) is 0 Å². The average molecular weight is 434 g/mol. The van der Waals surface area contributed by atoms with Crippen molar-refractivity contribution in [3.8, 4) is 5.75 Å². The Labute approximate surface area is 196 Å². The highest BCUT2D eigenvalue weighted by Crippen LogP contribution is 2.52. The van der Waals surface area contributed by atoms with E-state index in [0.717, 1.165) is 25.2 Å². The second-order valence-electron chi connectivity index (χ2n) is 9.99. The Morgan fingerprint density at radius 3 is 2.36 bits per heavy atom. The standard InChI is InChI=1S/C31H31NO/c1-20(2)16-17-33-23-14-15-29-28(19-23)26-12-7-13-27(26)31(32-29)30-24-10-5-3-8-21(24)18-22-9-4-6-11-25(22)30/h3-12,14-15,18-20,26-27,31-32H,13,16-17H2,1-2H3. The molecule has 1 aliphatic heterocycles. The van der Waals surface area contributed by atoms with Crippen molar-refractivity contribution in [1.82, 2.24) is 0 Å². The van der Waals surface area contributed by atoms with Gasteiger partial charge in [-0.15, -0.1) is 0 Å². The maximum absolute atomic E-state index is 6.11. The fourth-order valence-corrected chi connectivity index (χ4v) is 5.74. The van der Waals surface area contributed by atoms with Gasteiger partial charge in [-0.05, 0) is 81.6 Å². The summed E-state index contributed by atoms with van der Waals surface area (Å²) in [5, 5.41) is 9.32. The SMILES string of the molecule is CC(C)CCOc1ccc2c(c1)C1C=CCC1C(c1c3ccccc3cc3ccccc13)N2. The van der Waals surface area contributed by atoms with Crippen LogP contribution in [0.2, 0.25) is 0 Å². The highest BCUT2D eigenvalue weighted by atomic mass is 16.5. The third-order valence-electron chi connectivity index (χ3n) is 7.42. The summed E-state index contributed by atoms with van der Waals surface area (Å²) in [4.78, 5) is 0. The second-order valence-corrected chi connectivity index (χ2v) is 9.99. The number of allylic oxidation sites excluding steroid dienone is 2. The number of hydrogen-bond acceptors (Lipinski definition) is 2. The van der Waals surface area contributed by atoms with Crippen molar-refractivity contribution in [3.63, 3.8) is 0 Å². The minimum Gasteiger partial charge on any atom is -0.494 e. The molecule has 3 atom stereocenters. The molecular formula is C31H31NO. The molecule has 1 aliphatic carbocycles. The van der Waals surface area contributed by atoms with Crippen molar-refractivity contribution in [3.05, 3.63) is 96.1 Å². The second kappa shape index (κ2) is 8.26. The molecule has 1 heterocycles. The van der Waals surface area contributed by atoms with Gasteiger partial charge in [-0.25, -0.2) is 0 Å². The van der Waals surface area contributed by atoms with Gasteiger partial charge in [-0.3, -0.25) is 0 Å². The van der Waals surface area contributed by atoms with Gasteiger partial charge in [0, 0.05) is 11.6 Å². The highest BCUT2D eigenvalue weighted by Gasteiger charge is 2.39. The van der Waals surface area contributed by atoms with E-state index in [0.29, 0.717) is 17.8 Å². The van der Waals surface area contributed by atoms with Crippen LogP contribution in [0, 0.1) is 11.8 Å². The molecule has 1 N–H and O–H groups in total. The summed E-state index contributed by atoms with van der Waals surface area (Å²) in [5.41, 5.74) is 4.04. The van der Waals surface area contributed by atoms with Crippen molar-refractivity contribution >= 4 is 27.2 Å². The van der Waals surface area contributed by atoms with Crippen LogP contribution in [0.4, 0.5) is 5.69 Å². The molecule has 0 fully saturated rings. The molecule has 4 aromatic rings. The summed E-state index contributed by atoms with van der Waals surface area (Å²) in [7, 11) is 0. The first-order valence-corrected chi connectivity index (χ1v) is 12.3. The molecule has 0 spiro atoms. The van der Waals surface area contributed by atoms with E-state index in [9.17, 15) is 0 Å². The Morgan fingerprint density at radius 2 is 1.64 bits per heavy atom. The summed E-state index contributed by atoms with van der Waals surface area (Å²) in [6.07, 6.45) is 6.97. The van der Waals surface area contributed by atoms with E-state index in [-0.39, 0.29) is 6.04 Å². The lowest BCUT2D eigenvalue weighted by Gasteiger charge is -2.38. The fourth-order valence-electron chi connectivity index (χ4n) is 5.74. The zero-order valence-electron chi connectivity index (χ0n) is 19.4. The molecule has 0 saturated carbocycles. The van der Waals surface area contributed by atoms with E-state index in [4.69, 9.17) is 4.74 Å². The lowest BCUT2D eigenvalue weighted by atomic mass is 9.75. The van der Waals surface area contributed by atoms with Crippen LogP contribution in [-0.2, 0) is 0 Å². The Hall–Kier alpha value is -3.26. The van der Waals surface area contributed by atoms with E-state index >= 15 is 0 Å². The summed E-state index contributed by atoms with van der Waals surface area (Å²) >= 11 is 0. The first-order chi connectivity index (χ1) is 16.2. The first-order valence-electron chi connectivity index (χ1n) is 12.3. The Morgan fingerprint density at radius 1 is 0.909 bits per heavy atom. The molecule has 2 aliphatic rings. The van der Waals surface area contributed by atoms with E-state index in [1.54, 1.807) is 0 Å². The van der Waals surface area contributed by atoms with E-state index in [2.05, 4.69) is 104 Å². The Kier molecular flexibility index (Phi) is 5.10. The topological polar surface area (TPSA) is 21.3 Å². The predicted octanol–water partition coefficient (Wildman–Crippen LogP) is 8.24. The van der Waals surface area contributed by atoms with E-state index in [1.165, 1.54) is 38.4 Å². The molecule has 4 aromatic carbocycles. The Balaban J connectivity index is 1.44. The van der Waals surface area contributed by atoms with Crippen LogP contribution in [0.3, 0.4) is 0 Å². The van der Waals surface area contributed by atoms with Gasteiger partial charge in [-0.2, -0.15) is 0 Å². The number of ether oxygens (including phenoxy) is 1. The number of nitrogens with one attached hydrogen (secondary N) is 1. The van der Waals surface area contributed by atoms with Gasteiger partial charge in [0.05, 0.1) is 12.6 Å². The van der Waals surface area contributed by atoms with Crippen molar-refractivity contribution in [2.45, 2.75) is 38.6 Å². The minimum atomic E-state index is 0.265. The summed E-state index contributed by atoms with van der Waals surface area (Å²) in [5.74, 6) is 2.56. The van der Waals surface area contributed by atoms with E-state index < -0.39 is 0 Å². The summed E-state index contributed by atoms with van der Waals surface area (Å²) in [6.45, 7) is 5.26. The molecule has 0 aromatic heterocycles. The van der Waals surface area contributed by atoms with Crippen molar-refractivity contribution in [2.24, 2.45) is 11.8 Å². The highest BCUT2D eigenvalue weighted by molar-refractivity contribution is 6.03. The van der Waals surface area contributed by atoms with Gasteiger partial charge in [0.1, 0.15) is 5.75 Å². The molecule has 0 saturated heterocycles. The number of rotatable bonds is 5. The van der Waals surface area contributed by atoms with Crippen LogP contribution in [0.5, 0.6) is 5.75 Å². The van der Waals surface area contributed by atoms with Gasteiger partial charge in [0.15, 0.2) is 0 Å². The van der Waals surface area contributed by atoms with Crippen LogP contribution in [0.25, 0.3) is 21.5 Å². The zero-order chi connectivity index (χ0) is 22.4. The smallest absolute Gasteiger partial charge is 0.119 e. The summed E-state index contributed by atoms with van der Waals surface area (Å²) in [6, 6.07) is 26.9. The van der Waals surface area contributed by atoms with Crippen molar-refractivity contribution in [1.29, 1.82) is 0 Å². The lowest BCUT2D eigenvalue weighted by Crippen LogP contribution is -2.29. The predicted molar refractivity (Wildman–Crippen MR) is 139 cm³/mol. The quantitative estimate of drug-likeness (QED) is 0.253. The average Bonchev–Trinajstić information content (AvgIpc) is 3.32. The lowest BCUT2D eigenvalue weighted by molar-refractivity contribution is 0.289. The zero-order valence-corrected chi connectivity index (χ0v) is 19.4. The molecule has 0 amide bonds. The number of benzene rings is 4. The molecule has 0 bridgehead atoms. The van der Waals surface area contributed by atoms with Crippen LogP contribution < -0.4 is 10.1 Å². The molecule has 3 unspecified atom stereocenters. The first kappa shape index (κ1) is 20.4. The monoisotopic (exact) mass is 433 g/mol. The third-order valence-corrected chi connectivity index (χ3v) is 7.42. The normalized spacial score (nSPS) is 21.2.